The van der Waals surface area contributed by atoms with Crippen molar-refractivity contribution < 1.29 is 0 Å². The first-order chi connectivity index (χ1) is 36.5. The van der Waals surface area contributed by atoms with E-state index >= 15 is 0 Å². The van der Waals surface area contributed by atoms with Crippen LogP contribution in [-0.4, -0.2) is 18.3 Å². The van der Waals surface area contributed by atoms with Crippen LogP contribution in [0.3, 0.4) is 0 Å². The molecule has 0 aliphatic rings. The Labute approximate surface area is 436 Å². The maximum absolute atomic E-state index is 12.9. The van der Waals surface area contributed by atoms with Crippen molar-refractivity contribution in [2.75, 3.05) is 0 Å². The predicted molar refractivity (Wildman–Crippen MR) is 316 cm³/mol. The molecule has 10 aromatic carbocycles. The van der Waals surface area contributed by atoms with Crippen LogP contribution in [0, 0.1) is 44.4 Å². The lowest BCUT2D eigenvalue weighted by atomic mass is 9.86. The third-order valence-electron chi connectivity index (χ3n) is 15.7. The Morgan fingerprint density at radius 2 is 0.667 bits per heavy atom. The fourth-order valence-corrected chi connectivity index (χ4v) is 12.7. The van der Waals surface area contributed by atoms with Crippen LogP contribution >= 0.6 is 0 Å². The van der Waals surface area contributed by atoms with E-state index in [0.717, 1.165) is 106 Å². The van der Waals surface area contributed by atoms with Gasteiger partial charge in [0, 0.05) is 48.7 Å². The van der Waals surface area contributed by atoms with Crippen LogP contribution in [-0.2, 0) is 6.42 Å². The molecule has 4 aromatic heterocycles. The monoisotopic (exact) mass is 965 g/mol. The maximum atomic E-state index is 12.9. The van der Waals surface area contributed by atoms with Crippen molar-refractivity contribution in [3.8, 4) is 39.9 Å². The van der Waals surface area contributed by atoms with E-state index in [1.807, 2.05) is 0 Å². The highest BCUT2D eigenvalue weighted by Gasteiger charge is 2.35. The van der Waals surface area contributed by atoms with Gasteiger partial charge in [0.05, 0.1) is 66.9 Å². The Kier molecular flexibility index (Phi) is 9.78. The van der Waals surface area contributed by atoms with Gasteiger partial charge in [-0.3, -0.25) is 0 Å². The fraction of sp³-hybridized carbons (Fsp3) is 0.129. The normalized spacial score (nSPS) is 12.2. The van der Waals surface area contributed by atoms with Crippen molar-refractivity contribution in [1.29, 1.82) is 5.26 Å². The SMILES string of the molecule is Cc1ccc2c(c1)c1cc(C)ccc1n2-c1c(-c2cccc(CC(C)(C)C)c2)c(-n2c3ccc(C)cc3c3cc(C)ccc32)c(-n2c3ccccc3c3ccccc32)c(C#N)c1-n1c2ccccc2c2ccccc21. The highest BCUT2D eigenvalue weighted by Crippen LogP contribution is 2.52. The molecular weight excluding hydrogens is 911 g/mol. The van der Waals surface area contributed by atoms with E-state index in [4.69, 9.17) is 0 Å². The molecule has 5 nitrogen and oxygen atoms in total. The summed E-state index contributed by atoms with van der Waals surface area (Å²) >= 11 is 0. The molecule has 14 rings (SSSR count). The number of rotatable bonds is 6. The van der Waals surface area contributed by atoms with Gasteiger partial charge in [-0.1, -0.05) is 164 Å². The maximum Gasteiger partial charge on any atom is 0.104 e. The number of aromatic nitrogens is 4. The molecular formula is C70H55N5. The second kappa shape index (κ2) is 16.5. The number of hydrogen-bond acceptors (Lipinski definition) is 1. The first-order valence-corrected chi connectivity index (χ1v) is 26.2. The largest absolute Gasteiger partial charge is 0.306 e. The Morgan fingerprint density at radius 3 is 1.00 bits per heavy atom. The molecule has 5 heteroatoms. The van der Waals surface area contributed by atoms with Gasteiger partial charge in [-0.25, -0.2) is 0 Å². The summed E-state index contributed by atoms with van der Waals surface area (Å²) in [6.07, 6.45) is 0.878. The lowest BCUT2D eigenvalue weighted by Gasteiger charge is -2.29. The van der Waals surface area contributed by atoms with Crippen molar-refractivity contribution in [2.45, 2.75) is 54.9 Å². The van der Waals surface area contributed by atoms with Crippen LogP contribution in [0.1, 0.15) is 54.2 Å². The fourth-order valence-electron chi connectivity index (χ4n) is 12.7. The van der Waals surface area contributed by atoms with Crippen LogP contribution in [0.25, 0.3) is 121 Å². The molecule has 0 N–H and O–H groups in total. The lowest BCUT2D eigenvalue weighted by molar-refractivity contribution is 0.411. The Morgan fingerprint density at radius 1 is 0.347 bits per heavy atom. The quantitative estimate of drug-likeness (QED) is 0.164. The number of fused-ring (bicyclic) bond motifs is 12. The second-order valence-electron chi connectivity index (χ2n) is 22.2. The van der Waals surface area contributed by atoms with Gasteiger partial charge in [-0.05, 0) is 123 Å². The van der Waals surface area contributed by atoms with E-state index in [1.54, 1.807) is 0 Å². The van der Waals surface area contributed by atoms with Crippen molar-refractivity contribution in [3.05, 3.63) is 228 Å². The van der Waals surface area contributed by atoms with Crippen LogP contribution in [0.5, 0.6) is 0 Å². The summed E-state index contributed by atoms with van der Waals surface area (Å²) in [4.78, 5) is 0. The van der Waals surface area contributed by atoms with Crippen LogP contribution in [0.4, 0.5) is 0 Å². The smallest absolute Gasteiger partial charge is 0.104 e. The van der Waals surface area contributed by atoms with E-state index in [9.17, 15) is 5.26 Å². The molecule has 0 spiro atoms. The van der Waals surface area contributed by atoms with Gasteiger partial charge in [0.1, 0.15) is 11.6 Å². The average Bonchev–Trinajstić information content (AvgIpc) is 4.22. The molecule has 0 saturated carbocycles. The summed E-state index contributed by atoms with van der Waals surface area (Å²) < 4.78 is 9.86. The van der Waals surface area contributed by atoms with Gasteiger partial charge in [0.2, 0.25) is 0 Å². The van der Waals surface area contributed by atoms with Crippen LogP contribution in [0.15, 0.2) is 194 Å². The van der Waals surface area contributed by atoms with Gasteiger partial charge in [-0.15, -0.1) is 0 Å². The first kappa shape index (κ1) is 44.6. The number of nitrogens with zero attached hydrogens (tertiary/aromatic N) is 5. The molecule has 4 heterocycles. The first-order valence-electron chi connectivity index (χ1n) is 26.2. The molecule has 0 aliphatic carbocycles. The minimum Gasteiger partial charge on any atom is -0.306 e. The van der Waals surface area contributed by atoms with Crippen LogP contribution < -0.4 is 0 Å². The van der Waals surface area contributed by atoms with E-state index in [-0.39, 0.29) is 5.41 Å². The summed E-state index contributed by atoms with van der Waals surface area (Å²) in [6, 6.07) is 74.8. The zero-order valence-corrected chi connectivity index (χ0v) is 43.4. The lowest BCUT2D eigenvalue weighted by Crippen LogP contribution is -2.16. The van der Waals surface area contributed by atoms with Crippen molar-refractivity contribution in [1.82, 2.24) is 18.3 Å². The van der Waals surface area contributed by atoms with Crippen molar-refractivity contribution in [3.63, 3.8) is 0 Å². The standard InChI is InChI=1S/C70H55N5/c1-42-27-31-61-52(35-42)53-36-43(2)28-32-62(53)74(61)68-65(47-18-16-17-46(39-47)40-70(5,6)7)69(75-63-33-29-44(3)37-54(63)55-38-45(4)30-34-64(55)75)67(73-59-25-14-10-21-50(59)51-22-11-15-26-60(51)73)56(41-71)66(68)72-57-23-12-8-19-48(57)49-20-9-13-24-58(49)72/h8-39H,40H2,1-7H3. The molecule has 0 atom stereocenters. The van der Waals surface area contributed by atoms with Crippen molar-refractivity contribution >= 4 is 87.2 Å². The molecule has 0 radical (unpaired) electrons. The number of aryl methyl sites for hydroxylation is 4. The van der Waals surface area contributed by atoms with E-state index < -0.39 is 0 Å². The average molecular weight is 966 g/mol. The number of hydrogen-bond donors (Lipinski definition) is 0. The molecule has 14 aromatic rings. The topological polar surface area (TPSA) is 43.5 Å². The van der Waals surface area contributed by atoms with Crippen molar-refractivity contribution in [2.24, 2.45) is 5.41 Å². The number of para-hydroxylation sites is 4. The van der Waals surface area contributed by atoms with E-state index in [2.05, 4.69) is 267 Å². The summed E-state index contributed by atoms with van der Waals surface area (Å²) in [7, 11) is 0. The second-order valence-corrected chi connectivity index (χ2v) is 22.2. The molecule has 0 aliphatic heterocycles. The highest BCUT2D eigenvalue weighted by atomic mass is 15.1. The number of nitriles is 1. The summed E-state index contributed by atoms with van der Waals surface area (Å²) in [5.41, 5.74) is 20.6. The van der Waals surface area contributed by atoms with Crippen LogP contribution in [0.2, 0.25) is 0 Å². The molecule has 0 unspecified atom stereocenters. The molecule has 0 amide bonds. The van der Waals surface area contributed by atoms with Gasteiger partial charge in [-0.2, -0.15) is 5.26 Å². The molecule has 75 heavy (non-hydrogen) atoms. The van der Waals surface area contributed by atoms with E-state index in [1.165, 1.54) is 49.4 Å². The van der Waals surface area contributed by atoms with Gasteiger partial charge in [0.15, 0.2) is 0 Å². The zero-order valence-electron chi connectivity index (χ0n) is 43.4. The molecule has 360 valence electrons. The minimum absolute atomic E-state index is 0.0162. The summed E-state index contributed by atoms with van der Waals surface area (Å²) in [5, 5.41) is 22.0. The Bertz CT molecular complexity index is 4290. The van der Waals surface area contributed by atoms with E-state index in [0.29, 0.717) is 5.56 Å². The molecule has 0 bridgehead atoms. The van der Waals surface area contributed by atoms with Gasteiger partial charge < -0.3 is 18.3 Å². The third-order valence-corrected chi connectivity index (χ3v) is 15.7. The molecule has 0 fully saturated rings. The number of benzene rings is 10. The summed E-state index contributed by atoms with van der Waals surface area (Å²) in [5.74, 6) is 0. The Balaban J connectivity index is 1.36. The molecule has 0 saturated heterocycles. The van der Waals surface area contributed by atoms with Gasteiger partial charge >= 0.3 is 0 Å². The highest BCUT2D eigenvalue weighted by molar-refractivity contribution is 6.17. The summed E-state index contributed by atoms with van der Waals surface area (Å²) in [6.45, 7) is 15.7. The predicted octanol–water partition coefficient (Wildman–Crippen LogP) is 18.4. The Hall–Kier alpha value is -9.11. The minimum atomic E-state index is 0.0162. The van der Waals surface area contributed by atoms with Gasteiger partial charge in [0.25, 0.3) is 0 Å². The third kappa shape index (κ3) is 6.69. The zero-order chi connectivity index (χ0) is 51.0.